The Bertz CT molecular complexity index is 3780. The van der Waals surface area contributed by atoms with Crippen molar-refractivity contribution in [1.29, 1.82) is 0 Å². The van der Waals surface area contributed by atoms with Crippen LogP contribution in [-0.2, 0) is 21.7 Å². The fourth-order valence-corrected chi connectivity index (χ4v) is 10.5. The summed E-state index contributed by atoms with van der Waals surface area (Å²) in [5.74, 6) is 1.68. The van der Waals surface area contributed by atoms with E-state index in [1.165, 1.54) is 22.3 Å². The highest BCUT2D eigenvalue weighted by Gasteiger charge is 2.27. The lowest BCUT2D eigenvalue weighted by molar-refractivity contribution is 0.476. The first kappa shape index (κ1) is 51.5. The third kappa shape index (κ3) is 9.65. The molecule has 3 aromatic heterocycles. The molecule has 0 saturated heterocycles. The summed E-state index contributed by atoms with van der Waals surface area (Å²) in [5.41, 5.74) is 18.7. The van der Waals surface area contributed by atoms with Gasteiger partial charge in [-0.2, -0.15) is 0 Å². The van der Waals surface area contributed by atoms with Gasteiger partial charge >= 0.3 is 0 Å². The van der Waals surface area contributed by atoms with Crippen LogP contribution >= 0.6 is 0 Å². The number of phenols is 2. The van der Waals surface area contributed by atoms with E-state index in [2.05, 4.69) is 220 Å². The van der Waals surface area contributed by atoms with E-state index in [1.54, 1.807) is 18.5 Å². The van der Waals surface area contributed by atoms with Crippen molar-refractivity contribution in [2.24, 2.45) is 0 Å². The van der Waals surface area contributed by atoms with Crippen molar-refractivity contribution in [1.82, 2.24) is 29.1 Å². The molecular weight excluding hydrogens is 957 g/mol. The standard InChI is InChI=1S/C70H68N6O2/c1-67(2,3)47-35-48(68(4,5)6)38-51(37-47)75-59-29-19-27-53(63(59)73-65(75)55-25-13-15-31-61(55)77)43-21-17-23-45(33-43)57-41-58(72-42-71-57)46-24-18-22-44(34-46)54-28-20-30-60-64(54)74-66(56-26-14-16-32-62(56)78)76(60)52-39-49(69(7,8)9)36-50(40-52)70(10,11)12/h13-42,77-78H,1-12H3. The van der Waals surface area contributed by atoms with Crippen LogP contribution in [0.5, 0.6) is 11.5 Å². The lowest BCUT2D eigenvalue weighted by Crippen LogP contribution is -2.17. The highest BCUT2D eigenvalue weighted by atomic mass is 16.3. The van der Waals surface area contributed by atoms with Crippen LogP contribution in [0.4, 0.5) is 0 Å². The summed E-state index contributed by atoms with van der Waals surface area (Å²) in [6.07, 6.45) is 1.64. The van der Waals surface area contributed by atoms with Crippen LogP contribution in [0, 0.1) is 0 Å². The maximum Gasteiger partial charge on any atom is 0.149 e. The SMILES string of the molecule is CC(C)(C)c1cc(-n2c(-c3ccccc3O)nc3c(-c4cccc(-c5cc(-c6cccc(-c7cccc8c7nc(-c7ccccc7O)n8-c7cc(C(C)(C)C)cc(C(C)(C)C)c7)c6)ncn5)c4)cccc32)cc(C(C)(C)C)c1. The molecule has 11 aromatic rings. The van der Waals surface area contributed by atoms with E-state index >= 15 is 0 Å². The second kappa shape index (κ2) is 19.1. The normalized spacial score (nSPS) is 12.5. The van der Waals surface area contributed by atoms with E-state index in [-0.39, 0.29) is 33.2 Å². The van der Waals surface area contributed by atoms with Crippen LogP contribution in [0.3, 0.4) is 0 Å². The Balaban J connectivity index is 1.00. The summed E-state index contributed by atoms with van der Waals surface area (Å²) in [5, 5.41) is 22.7. The highest BCUT2D eigenvalue weighted by molar-refractivity contribution is 5.98. The Kier molecular flexibility index (Phi) is 12.6. The zero-order valence-electron chi connectivity index (χ0n) is 46.9. The Morgan fingerprint density at radius 2 is 0.667 bits per heavy atom. The third-order valence-corrected chi connectivity index (χ3v) is 15.1. The summed E-state index contributed by atoms with van der Waals surface area (Å²) >= 11 is 0. The molecule has 0 bridgehead atoms. The van der Waals surface area contributed by atoms with E-state index < -0.39 is 0 Å². The molecule has 0 amide bonds. The largest absolute Gasteiger partial charge is 0.507 e. The molecule has 8 aromatic carbocycles. The number of hydrogen-bond donors (Lipinski definition) is 2. The van der Waals surface area contributed by atoms with Crippen LogP contribution < -0.4 is 0 Å². The van der Waals surface area contributed by atoms with Gasteiger partial charge in [0.25, 0.3) is 0 Å². The number of aromatic nitrogens is 6. The van der Waals surface area contributed by atoms with Gasteiger partial charge in [-0.05, 0) is 134 Å². The Labute approximate surface area is 458 Å². The van der Waals surface area contributed by atoms with E-state index in [4.69, 9.17) is 19.9 Å². The average molecular weight is 1030 g/mol. The molecule has 0 fully saturated rings. The molecule has 390 valence electrons. The quantitative estimate of drug-likeness (QED) is 0.157. The number of benzene rings is 8. The van der Waals surface area contributed by atoms with Crippen molar-refractivity contribution >= 4 is 22.1 Å². The third-order valence-electron chi connectivity index (χ3n) is 15.1. The molecule has 0 radical (unpaired) electrons. The molecule has 8 heteroatoms. The van der Waals surface area contributed by atoms with Gasteiger partial charge < -0.3 is 10.2 Å². The molecule has 0 aliphatic carbocycles. The van der Waals surface area contributed by atoms with Crippen molar-refractivity contribution in [2.45, 2.75) is 105 Å². The van der Waals surface area contributed by atoms with Crippen LogP contribution in [0.25, 0.3) is 101 Å². The average Bonchev–Trinajstić information content (AvgIpc) is 4.24. The molecule has 0 aliphatic heterocycles. The number of fused-ring (bicyclic) bond motifs is 2. The van der Waals surface area contributed by atoms with Crippen molar-refractivity contribution in [3.05, 3.63) is 205 Å². The molecule has 0 atom stereocenters. The van der Waals surface area contributed by atoms with Crippen LogP contribution in [-0.4, -0.2) is 39.3 Å². The molecule has 0 unspecified atom stereocenters. The molecule has 3 heterocycles. The van der Waals surface area contributed by atoms with Crippen LogP contribution in [0.2, 0.25) is 0 Å². The zero-order valence-corrected chi connectivity index (χ0v) is 46.9. The molecule has 2 N–H and O–H groups in total. The number of hydrogen-bond acceptors (Lipinski definition) is 6. The predicted molar refractivity (Wildman–Crippen MR) is 322 cm³/mol. The fourth-order valence-electron chi connectivity index (χ4n) is 10.5. The molecular formula is C70H68N6O2. The van der Waals surface area contributed by atoms with Gasteiger partial charge in [0.2, 0.25) is 0 Å². The van der Waals surface area contributed by atoms with Gasteiger partial charge in [0.15, 0.2) is 0 Å². The minimum atomic E-state index is -0.104. The maximum atomic E-state index is 11.4. The van der Waals surface area contributed by atoms with Crippen molar-refractivity contribution in [3.8, 4) is 90.4 Å². The minimum Gasteiger partial charge on any atom is -0.507 e. The lowest BCUT2D eigenvalue weighted by atomic mass is 9.80. The molecule has 0 saturated carbocycles. The number of nitrogens with zero attached hydrogens (tertiary/aromatic N) is 6. The first-order valence-corrected chi connectivity index (χ1v) is 27.0. The zero-order chi connectivity index (χ0) is 55.1. The summed E-state index contributed by atoms with van der Waals surface area (Å²) in [4.78, 5) is 20.5. The van der Waals surface area contributed by atoms with Crippen LogP contribution in [0.15, 0.2) is 182 Å². The number of aromatic hydroxyl groups is 2. The van der Waals surface area contributed by atoms with Gasteiger partial charge in [0.1, 0.15) is 29.5 Å². The molecule has 78 heavy (non-hydrogen) atoms. The molecule has 0 spiro atoms. The Morgan fingerprint density at radius 1 is 0.333 bits per heavy atom. The van der Waals surface area contributed by atoms with Gasteiger partial charge in [0, 0.05) is 33.6 Å². The summed E-state index contributed by atoms with van der Waals surface area (Å²) in [6.45, 7) is 27.0. The number of para-hydroxylation sites is 4. The second-order valence-electron chi connectivity index (χ2n) is 24.9. The van der Waals surface area contributed by atoms with Gasteiger partial charge in [0.05, 0.1) is 44.6 Å². The fraction of sp³-hybridized carbons (Fsp3) is 0.229. The predicted octanol–water partition coefficient (Wildman–Crippen LogP) is 17.8. The smallest absolute Gasteiger partial charge is 0.149 e. The second-order valence-corrected chi connectivity index (χ2v) is 24.9. The molecule has 0 aliphatic rings. The van der Waals surface area contributed by atoms with Crippen molar-refractivity contribution < 1.29 is 10.2 Å². The summed E-state index contributed by atoms with van der Waals surface area (Å²) in [6, 6.07) is 60.3. The minimum absolute atomic E-state index is 0.104. The topological polar surface area (TPSA) is 102 Å². The van der Waals surface area contributed by atoms with Gasteiger partial charge in [-0.1, -0.05) is 180 Å². The maximum absolute atomic E-state index is 11.4. The lowest BCUT2D eigenvalue weighted by Gasteiger charge is -2.27. The van der Waals surface area contributed by atoms with Gasteiger partial charge in [-0.25, -0.2) is 19.9 Å². The van der Waals surface area contributed by atoms with E-state index in [0.717, 1.165) is 78.2 Å². The monoisotopic (exact) mass is 1020 g/mol. The van der Waals surface area contributed by atoms with Gasteiger partial charge in [-0.15, -0.1) is 0 Å². The molecule has 11 rings (SSSR count). The van der Waals surface area contributed by atoms with E-state index in [9.17, 15) is 10.2 Å². The number of imidazole rings is 2. The van der Waals surface area contributed by atoms with Crippen molar-refractivity contribution in [3.63, 3.8) is 0 Å². The first-order chi connectivity index (χ1) is 37.0. The van der Waals surface area contributed by atoms with Crippen molar-refractivity contribution in [2.75, 3.05) is 0 Å². The summed E-state index contributed by atoms with van der Waals surface area (Å²) < 4.78 is 4.42. The highest BCUT2D eigenvalue weighted by Crippen LogP contribution is 2.43. The van der Waals surface area contributed by atoms with E-state index in [0.29, 0.717) is 22.8 Å². The number of rotatable bonds is 8. The van der Waals surface area contributed by atoms with Gasteiger partial charge in [-0.3, -0.25) is 9.13 Å². The summed E-state index contributed by atoms with van der Waals surface area (Å²) in [7, 11) is 0. The number of phenolic OH excluding ortho intramolecular Hbond substituents is 2. The Hall–Kier alpha value is -8.62. The molecule has 8 nitrogen and oxygen atoms in total. The first-order valence-electron chi connectivity index (χ1n) is 27.0. The van der Waals surface area contributed by atoms with E-state index in [1.807, 2.05) is 36.4 Å². The van der Waals surface area contributed by atoms with Crippen LogP contribution in [0.1, 0.15) is 105 Å². The Morgan fingerprint density at radius 3 is 1.03 bits per heavy atom.